The second-order valence-corrected chi connectivity index (χ2v) is 3.73. The Morgan fingerprint density at radius 1 is 1.24 bits per heavy atom. The second-order valence-electron chi connectivity index (χ2n) is 3.34. The topological polar surface area (TPSA) is 34.1 Å². The van der Waals surface area contributed by atoms with Crippen LogP contribution in [0.3, 0.4) is 0 Å². The Bertz CT molecular complexity index is 534. The van der Waals surface area contributed by atoms with Crippen LogP contribution in [0.2, 0.25) is 5.15 Å². The Hall–Kier alpha value is -1.81. The maximum Gasteiger partial charge on any atom is 0.165 e. The molecular formula is C12H10ClFN2O. The van der Waals surface area contributed by atoms with Crippen LogP contribution < -0.4 is 10.1 Å². The summed E-state index contributed by atoms with van der Waals surface area (Å²) in [6, 6.07) is 7.97. The first-order valence-corrected chi connectivity index (χ1v) is 5.29. The first-order valence-electron chi connectivity index (χ1n) is 4.91. The molecule has 0 aliphatic carbocycles. The number of anilines is 2. The van der Waals surface area contributed by atoms with Crippen LogP contribution in [0.15, 0.2) is 36.5 Å². The summed E-state index contributed by atoms with van der Waals surface area (Å²) in [6.45, 7) is 0. The zero-order chi connectivity index (χ0) is 12.3. The molecule has 2 rings (SSSR count). The van der Waals surface area contributed by atoms with Crippen molar-refractivity contribution >= 4 is 23.0 Å². The lowest BCUT2D eigenvalue weighted by Gasteiger charge is -2.08. The van der Waals surface area contributed by atoms with Gasteiger partial charge in [-0.2, -0.15) is 0 Å². The third kappa shape index (κ3) is 2.85. The molecular weight excluding hydrogens is 243 g/mol. The van der Waals surface area contributed by atoms with E-state index in [2.05, 4.69) is 10.3 Å². The van der Waals surface area contributed by atoms with Gasteiger partial charge in [0, 0.05) is 23.6 Å². The maximum atomic E-state index is 13.2. The van der Waals surface area contributed by atoms with Gasteiger partial charge in [-0.1, -0.05) is 11.6 Å². The predicted molar refractivity (Wildman–Crippen MR) is 65.5 cm³/mol. The summed E-state index contributed by atoms with van der Waals surface area (Å²) >= 11 is 5.76. The van der Waals surface area contributed by atoms with Gasteiger partial charge in [-0.15, -0.1) is 0 Å². The van der Waals surface area contributed by atoms with Crippen LogP contribution in [0.5, 0.6) is 5.75 Å². The summed E-state index contributed by atoms with van der Waals surface area (Å²) in [5, 5.41) is 3.47. The first-order chi connectivity index (χ1) is 8.19. The van der Waals surface area contributed by atoms with Crippen molar-refractivity contribution < 1.29 is 9.13 Å². The van der Waals surface area contributed by atoms with Crippen LogP contribution in [0.25, 0.3) is 0 Å². The summed E-state index contributed by atoms with van der Waals surface area (Å²) in [5.41, 5.74) is 1.49. The van der Waals surface area contributed by atoms with E-state index in [9.17, 15) is 4.39 Å². The number of methoxy groups -OCH3 is 1. The molecule has 0 atom stereocenters. The maximum absolute atomic E-state index is 13.2. The number of hydrogen-bond acceptors (Lipinski definition) is 3. The third-order valence-electron chi connectivity index (χ3n) is 2.17. The Morgan fingerprint density at radius 3 is 2.71 bits per heavy atom. The summed E-state index contributed by atoms with van der Waals surface area (Å²) in [4.78, 5) is 3.87. The van der Waals surface area contributed by atoms with Gasteiger partial charge in [0.15, 0.2) is 11.6 Å². The van der Waals surface area contributed by atoms with Gasteiger partial charge in [-0.05, 0) is 24.3 Å². The number of hydrogen-bond donors (Lipinski definition) is 1. The Balaban J connectivity index is 2.24. The van der Waals surface area contributed by atoms with Gasteiger partial charge >= 0.3 is 0 Å². The molecule has 1 heterocycles. The van der Waals surface area contributed by atoms with E-state index in [0.29, 0.717) is 10.8 Å². The van der Waals surface area contributed by atoms with E-state index in [1.807, 2.05) is 0 Å². The number of aromatic nitrogens is 1. The van der Waals surface area contributed by atoms with Crippen LogP contribution in [0.1, 0.15) is 0 Å². The lowest BCUT2D eigenvalue weighted by molar-refractivity contribution is 0.387. The third-order valence-corrected chi connectivity index (χ3v) is 2.37. The van der Waals surface area contributed by atoms with E-state index in [0.717, 1.165) is 5.69 Å². The largest absolute Gasteiger partial charge is 0.494 e. The number of nitrogens with one attached hydrogen (secondary N) is 1. The van der Waals surface area contributed by atoms with Crippen molar-refractivity contribution in [1.29, 1.82) is 0 Å². The highest BCUT2D eigenvalue weighted by Gasteiger charge is 2.03. The van der Waals surface area contributed by atoms with Crippen LogP contribution in [-0.4, -0.2) is 12.1 Å². The molecule has 3 nitrogen and oxygen atoms in total. The van der Waals surface area contributed by atoms with Gasteiger partial charge in [-0.3, -0.25) is 0 Å². The molecule has 0 amide bonds. The molecule has 0 bridgehead atoms. The van der Waals surface area contributed by atoms with Crippen molar-refractivity contribution in [2.45, 2.75) is 0 Å². The molecule has 1 N–H and O–H groups in total. The molecule has 5 heteroatoms. The van der Waals surface area contributed by atoms with E-state index in [4.69, 9.17) is 16.3 Å². The van der Waals surface area contributed by atoms with Crippen molar-refractivity contribution in [2.24, 2.45) is 0 Å². The minimum atomic E-state index is -0.397. The Labute approximate surface area is 103 Å². The molecule has 0 spiro atoms. The van der Waals surface area contributed by atoms with E-state index in [1.165, 1.54) is 13.2 Å². The second kappa shape index (κ2) is 5.01. The molecule has 0 radical (unpaired) electrons. The van der Waals surface area contributed by atoms with Crippen molar-refractivity contribution in [2.75, 3.05) is 12.4 Å². The smallest absolute Gasteiger partial charge is 0.165 e. The van der Waals surface area contributed by atoms with Crippen molar-refractivity contribution in [1.82, 2.24) is 4.98 Å². The number of rotatable bonds is 3. The van der Waals surface area contributed by atoms with Crippen LogP contribution in [0.4, 0.5) is 15.8 Å². The van der Waals surface area contributed by atoms with Crippen molar-refractivity contribution in [3.63, 3.8) is 0 Å². The monoisotopic (exact) mass is 252 g/mol. The molecule has 0 saturated carbocycles. The molecule has 88 valence electrons. The van der Waals surface area contributed by atoms with Crippen LogP contribution in [0, 0.1) is 5.82 Å². The number of benzene rings is 1. The molecule has 0 saturated heterocycles. The number of ether oxygens (including phenoxy) is 1. The Kier molecular flexibility index (Phi) is 3.44. The summed E-state index contributed by atoms with van der Waals surface area (Å²) in [6.07, 6.45) is 1.59. The highest BCUT2D eigenvalue weighted by atomic mass is 35.5. The molecule has 1 aromatic heterocycles. The van der Waals surface area contributed by atoms with Gasteiger partial charge in [0.2, 0.25) is 0 Å². The normalized spacial score (nSPS) is 10.1. The highest BCUT2D eigenvalue weighted by Crippen LogP contribution is 2.24. The van der Waals surface area contributed by atoms with Gasteiger partial charge in [0.05, 0.1) is 7.11 Å². The Morgan fingerprint density at radius 2 is 2.00 bits per heavy atom. The summed E-state index contributed by atoms with van der Waals surface area (Å²) in [5.74, 6) is -0.207. The molecule has 0 fully saturated rings. The van der Waals surface area contributed by atoms with E-state index >= 15 is 0 Å². The average Bonchev–Trinajstić information content (AvgIpc) is 2.32. The number of pyridine rings is 1. The van der Waals surface area contributed by atoms with Crippen LogP contribution >= 0.6 is 11.6 Å². The number of halogens is 2. The molecule has 2 aromatic rings. The lowest BCUT2D eigenvalue weighted by Crippen LogP contribution is -1.93. The van der Waals surface area contributed by atoms with Crippen LogP contribution in [-0.2, 0) is 0 Å². The van der Waals surface area contributed by atoms with E-state index in [1.54, 1.807) is 30.5 Å². The van der Waals surface area contributed by atoms with E-state index < -0.39 is 5.82 Å². The first kappa shape index (κ1) is 11.7. The SMILES string of the molecule is COc1cc(Nc2ccnc(Cl)c2)ccc1F. The van der Waals surface area contributed by atoms with Gasteiger partial charge in [0.1, 0.15) is 5.15 Å². The number of nitrogens with zero attached hydrogens (tertiary/aromatic N) is 1. The molecule has 0 unspecified atom stereocenters. The van der Waals surface area contributed by atoms with Gasteiger partial charge in [0.25, 0.3) is 0 Å². The summed E-state index contributed by atoms with van der Waals surface area (Å²) in [7, 11) is 1.42. The zero-order valence-corrected chi connectivity index (χ0v) is 9.83. The molecule has 0 aliphatic rings. The zero-order valence-electron chi connectivity index (χ0n) is 9.08. The minimum absolute atomic E-state index is 0.190. The lowest BCUT2D eigenvalue weighted by atomic mass is 10.2. The quantitative estimate of drug-likeness (QED) is 0.847. The molecule has 1 aromatic carbocycles. The highest BCUT2D eigenvalue weighted by molar-refractivity contribution is 6.29. The van der Waals surface area contributed by atoms with Crippen molar-refractivity contribution in [3.05, 3.63) is 47.5 Å². The standard InChI is InChI=1S/C12H10ClFN2O/c1-17-11-6-8(2-3-10(11)14)16-9-4-5-15-12(13)7-9/h2-7H,1H3,(H,15,16). The van der Waals surface area contributed by atoms with Crippen molar-refractivity contribution in [3.8, 4) is 5.75 Å². The van der Waals surface area contributed by atoms with Gasteiger partial charge < -0.3 is 10.1 Å². The summed E-state index contributed by atoms with van der Waals surface area (Å²) < 4.78 is 18.1. The average molecular weight is 253 g/mol. The van der Waals surface area contributed by atoms with Gasteiger partial charge in [-0.25, -0.2) is 9.37 Å². The molecule has 0 aliphatic heterocycles. The minimum Gasteiger partial charge on any atom is -0.494 e. The predicted octanol–water partition coefficient (Wildman–Crippen LogP) is 3.63. The molecule has 17 heavy (non-hydrogen) atoms. The fourth-order valence-corrected chi connectivity index (χ4v) is 1.56. The fraction of sp³-hybridized carbons (Fsp3) is 0.0833. The fourth-order valence-electron chi connectivity index (χ4n) is 1.38. The van der Waals surface area contributed by atoms with E-state index in [-0.39, 0.29) is 5.75 Å².